The lowest BCUT2D eigenvalue weighted by atomic mass is 9.85. The predicted molar refractivity (Wildman–Crippen MR) is 156 cm³/mol. The Morgan fingerprint density at radius 2 is 1.73 bits per heavy atom. The van der Waals surface area contributed by atoms with Crippen molar-refractivity contribution in [2.24, 2.45) is 14.1 Å². The van der Waals surface area contributed by atoms with Crippen molar-refractivity contribution in [3.8, 4) is 11.3 Å². The first-order chi connectivity index (χ1) is 19.5. The molecule has 0 bridgehead atoms. The molecule has 4 aromatic rings. The third-order valence-electron chi connectivity index (χ3n) is 7.47. The zero-order chi connectivity index (χ0) is 29.3. The fraction of sp³-hybridized carbons (Fsp3) is 0.333. The van der Waals surface area contributed by atoms with Crippen LogP contribution in [-0.4, -0.2) is 55.2 Å². The Hall–Kier alpha value is -4.35. The number of benzene rings is 2. The van der Waals surface area contributed by atoms with E-state index in [9.17, 15) is 19.1 Å². The minimum Gasteiger partial charge on any atom is -0.395 e. The van der Waals surface area contributed by atoms with E-state index in [1.54, 1.807) is 48.1 Å². The number of hydrogen-bond donors (Lipinski definition) is 3. The summed E-state index contributed by atoms with van der Waals surface area (Å²) in [7, 11) is 3.41. The summed E-state index contributed by atoms with van der Waals surface area (Å²) in [5.41, 5.74) is 2.66. The van der Waals surface area contributed by atoms with Gasteiger partial charge in [-0.3, -0.25) is 19.2 Å². The molecule has 0 atom stereocenters. The van der Waals surface area contributed by atoms with E-state index in [2.05, 4.69) is 25.7 Å². The van der Waals surface area contributed by atoms with Crippen LogP contribution in [0.4, 0.5) is 21.6 Å². The Morgan fingerprint density at radius 3 is 2.39 bits per heavy atom. The number of rotatable bonds is 9. The zero-order valence-electron chi connectivity index (χ0n) is 23.6. The van der Waals surface area contributed by atoms with Gasteiger partial charge in [0.05, 0.1) is 23.7 Å². The van der Waals surface area contributed by atoms with Crippen LogP contribution >= 0.6 is 0 Å². The number of aliphatic hydroxyl groups excluding tert-OH is 1. The van der Waals surface area contributed by atoms with Gasteiger partial charge in [0.2, 0.25) is 0 Å². The third-order valence-corrected chi connectivity index (χ3v) is 7.47. The lowest BCUT2D eigenvalue weighted by Crippen LogP contribution is -2.36. The van der Waals surface area contributed by atoms with Crippen molar-refractivity contribution in [2.45, 2.75) is 32.2 Å². The molecule has 2 aromatic carbocycles. The van der Waals surface area contributed by atoms with Crippen LogP contribution in [0.3, 0.4) is 0 Å². The van der Waals surface area contributed by atoms with Crippen molar-refractivity contribution in [2.75, 3.05) is 30.3 Å². The van der Waals surface area contributed by atoms with E-state index in [4.69, 9.17) is 0 Å². The second-order valence-electron chi connectivity index (χ2n) is 11.0. The van der Waals surface area contributed by atoms with E-state index < -0.39 is 17.1 Å². The minimum absolute atomic E-state index is 0.0159. The highest BCUT2D eigenvalue weighted by molar-refractivity contribution is 6.04. The van der Waals surface area contributed by atoms with Gasteiger partial charge in [-0.15, -0.1) is 0 Å². The summed E-state index contributed by atoms with van der Waals surface area (Å²) in [6.45, 7) is 6.70. The molecule has 3 N–H and O–H groups in total. The van der Waals surface area contributed by atoms with E-state index in [-0.39, 0.29) is 23.5 Å². The number of carbonyl (C=O) groups is 1. The van der Waals surface area contributed by atoms with Crippen LogP contribution in [0.25, 0.3) is 11.3 Å². The second kappa shape index (κ2) is 11.3. The van der Waals surface area contributed by atoms with Gasteiger partial charge in [0.15, 0.2) is 5.82 Å². The molecule has 1 fully saturated rings. The number of hydrogen-bond acceptors (Lipinski definition) is 7. The molecule has 1 amide bonds. The molecule has 0 unspecified atom stereocenters. The molecule has 2 aromatic heterocycles. The number of anilines is 3. The van der Waals surface area contributed by atoms with Gasteiger partial charge in [-0.25, -0.2) is 9.07 Å². The molecule has 10 nitrogen and oxygen atoms in total. The van der Waals surface area contributed by atoms with Crippen molar-refractivity contribution in [1.82, 2.24) is 24.5 Å². The number of likely N-dealkylation sites (tertiary alicyclic amines) is 1. The monoisotopic (exact) mass is 559 g/mol. The SMILES string of the molecule is Cn1nc(Nc2cc(-c3ccc(F)c(NC(=O)c4ccc(C(C)(C)CO)cc4)c3)nn(C)c2=O)cc1CN1CCC1. The van der Waals surface area contributed by atoms with E-state index in [0.29, 0.717) is 22.6 Å². The van der Waals surface area contributed by atoms with E-state index in [1.807, 2.05) is 27.0 Å². The summed E-state index contributed by atoms with van der Waals surface area (Å²) in [6.07, 6.45) is 1.20. The van der Waals surface area contributed by atoms with Gasteiger partial charge in [0, 0.05) is 43.2 Å². The van der Waals surface area contributed by atoms with Crippen LogP contribution in [0.2, 0.25) is 0 Å². The van der Waals surface area contributed by atoms with Gasteiger partial charge in [-0.2, -0.15) is 10.2 Å². The highest BCUT2D eigenvalue weighted by Crippen LogP contribution is 2.27. The molecule has 0 spiro atoms. The Kier molecular flexibility index (Phi) is 7.74. The van der Waals surface area contributed by atoms with Crippen molar-refractivity contribution >= 4 is 23.1 Å². The minimum atomic E-state index is -0.605. The summed E-state index contributed by atoms with van der Waals surface area (Å²) in [5, 5.41) is 24.2. The van der Waals surface area contributed by atoms with Gasteiger partial charge in [0.1, 0.15) is 11.5 Å². The van der Waals surface area contributed by atoms with Crippen molar-refractivity contribution in [3.05, 3.63) is 87.6 Å². The van der Waals surface area contributed by atoms with Crippen molar-refractivity contribution < 1.29 is 14.3 Å². The Labute approximate surface area is 237 Å². The van der Waals surface area contributed by atoms with Gasteiger partial charge < -0.3 is 15.7 Å². The lowest BCUT2D eigenvalue weighted by Gasteiger charge is -2.30. The quantitative estimate of drug-likeness (QED) is 0.286. The van der Waals surface area contributed by atoms with Gasteiger partial charge >= 0.3 is 0 Å². The number of carbonyl (C=O) groups excluding carboxylic acids is 1. The smallest absolute Gasteiger partial charge is 0.290 e. The third kappa shape index (κ3) is 6.06. The second-order valence-corrected chi connectivity index (χ2v) is 11.0. The highest BCUT2D eigenvalue weighted by atomic mass is 19.1. The number of aryl methyl sites for hydroxylation is 2. The molecule has 1 aliphatic rings. The van der Waals surface area contributed by atoms with E-state index >= 15 is 0 Å². The summed E-state index contributed by atoms with van der Waals surface area (Å²) in [4.78, 5) is 28.1. The topological polar surface area (TPSA) is 117 Å². The van der Waals surface area contributed by atoms with Crippen molar-refractivity contribution in [3.63, 3.8) is 0 Å². The van der Waals surface area contributed by atoms with Gasteiger partial charge in [-0.1, -0.05) is 26.0 Å². The number of amides is 1. The first-order valence-electron chi connectivity index (χ1n) is 13.5. The molecule has 0 aliphatic carbocycles. The molecule has 0 radical (unpaired) electrons. The van der Waals surface area contributed by atoms with Crippen LogP contribution < -0.4 is 16.2 Å². The zero-order valence-corrected chi connectivity index (χ0v) is 23.6. The molecule has 41 heavy (non-hydrogen) atoms. The maximum Gasteiger partial charge on any atom is 0.290 e. The number of nitrogens with zero attached hydrogens (tertiary/aromatic N) is 5. The molecule has 0 saturated carbocycles. The largest absolute Gasteiger partial charge is 0.395 e. The maximum atomic E-state index is 14.8. The van der Waals surface area contributed by atoms with E-state index in [0.717, 1.165) is 30.9 Å². The fourth-order valence-corrected chi connectivity index (χ4v) is 4.60. The molecule has 214 valence electrons. The number of aliphatic hydroxyl groups is 1. The van der Waals surface area contributed by atoms with Crippen LogP contribution in [0, 0.1) is 5.82 Å². The Bertz CT molecular complexity index is 1640. The molecule has 1 saturated heterocycles. The molecule has 5 rings (SSSR count). The molecule has 1 aliphatic heterocycles. The summed E-state index contributed by atoms with van der Waals surface area (Å²) < 4.78 is 17.8. The van der Waals surface area contributed by atoms with Crippen LogP contribution in [-0.2, 0) is 26.1 Å². The lowest BCUT2D eigenvalue weighted by molar-refractivity contribution is 0.102. The average Bonchev–Trinajstić information content (AvgIpc) is 3.28. The van der Waals surface area contributed by atoms with E-state index in [1.165, 1.54) is 23.2 Å². The van der Waals surface area contributed by atoms with Gasteiger partial charge in [-0.05, 0) is 61.5 Å². The fourth-order valence-electron chi connectivity index (χ4n) is 4.60. The molecular formula is C30H34FN7O3. The Morgan fingerprint density at radius 1 is 1.00 bits per heavy atom. The van der Waals surface area contributed by atoms with Crippen molar-refractivity contribution in [1.29, 1.82) is 0 Å². The number of nitrogens with one attached hydrogen (secondary N) is 2. The number of halogens is 1. The molecular weight excluding hydrogens is 525 g/mol. The standard InChI is InChI=1S/C30H34FN7O3/c1-30(2,18-39)21-9-6-19(7-10-21)28(40)33-25-14-20(8-11-23(25)31)24-16-26(29(41)37(4)34-24)32-27-15-22(36(3)35-27)17-38-12-5-13-38/h6-11,14-16,39H,5,12-13,17-18H2,1-4H3,(H,32,35)(H,33,40). The van der Waals surface area contributed by atoms with Gasteiger partial charge in [0.25, 0.3) is 11.5 Å². The number of aromatic nitrogens is 4. The summed E-state index contributed by atoms with van der Waals surface area (Å²) in [5.74, 6) is -0.543. The maximum absolute atomic E-state index is 14.8. The Balaban J connectivity index is 1.37. The first-order valence-corrected chi connectivity index (χ1v) is 13.5. The molecule has 11 heteroatoms. The first kappa shape index (κ1) is 28.2. The van der Waals surface area contributed by atoms with Crippen LogP contribution in [0.1, 0.15) is 41.9 Å². The molecule has 3 heterocycles. The van der Waals surface area contributed by atoms with Crippen LogP contribution in [0.5, 0.6) is 0 Å². The highest BCUT2D eigenvalue weighted by Gasteiger charge is 2.21. The summed E-state index contributed by atoms with van der Waals surface area (Å²) >= 11 is 0. The average molecular weight is 560 g/mol. The normalized spacial score (nSPS) is 13.6. The summed E-state index contributed by atoms with van der Waals surface area (Å²) in [6, 6.07) is 14.6. The van der Waals surface area contributed by atoms with Crippen LogP contribution in [0.15, 0.2) is 59.4 Å². The predicted octanol–water partition coefficient (Wildman–Crippen LogP) is 3.79.